The molecule has 0 saturated heterocycles. The van der Waals surface area contributed by atoms with E-state index in [0.29, 0.717) is 48.0 Å². The number of benzene rings is 1. The van der Waals surface area contributed by atoms with Crippen molar-refractivity contribution in [1.82, 2.24) is 25.5 Å². The van der Waals surface area contributed by atoms with Crippen LogP contribution in [0.5, 0.6) is 0 Å². The first-order valence-corrected chi connectivity index (χ1v) is 12.2. The van der Waals surface area contributed by atoms with Crippen molar-refractivity contribution >= 4 is 34.8 Å². The highest BCUT2D eigenvalue weighted by Crippen LogP contribution is 2.30. The second-order valence-corrected chi connectivity index (χ2v) is 9.41. The van der Waals surface area contributed by atoms with Gasteiger partial charge in [-0.25, -0.2) is 9.97 Å². The second kappa shape index (κ2) is 10.4. The van der Waals surface area contributed by atoms with E-state index in [1.165, 1.54) is 6.33 Å². The molecule has 10 nitrogen and oxygen atoms in total. The molecule has 3 heterocycles. The molecule has 0 unspecified atom stereocenters. The molecule has 1 aromatic carbocycles. The van der Waals surface area contributed by atoms with E-state index in [2.05, 4.69) is 41.8 Å². The van der Waals surface area contributed by atoms with Crippen LogP contribution in [0.25, 0.3) is 0 Å². The Morgan fingerprint density at radius 3 is 2.69 bits per heavy atom. The van der Waals surface area contributed by atoms with Gasteiger partial charge in [-0.15, -0.1) is 10.2 Å². The van der Waals surface area contributed by atoms with E-state index < -0.39 is 0 Å². The fraction of sp³-hybridized carbons (Fsp3) is 0.360. The molecule has 36 heavy (non-hydrogen) atoms. The lowest BCUT2D eigenvalue weighted by Gasteiger charge is -2.30. The number of nitrogens with zero attached hydrogens (tertiary/aromatic N) is 6. The standard InChI is InChI=1S/C25H25ClN8O2/c26-20-11-17(4-1-15(20)12-27)34-10-9-19-22(13-34)28-14-29-24(19)31-23-8-7-21(32-33-23)25(36)30-16-2-5-18(35)6-3-16/h1,4,7-8,11,14,16,18,35H,2-3,5-6,9-10,13H2,(H,30,36)(H,28,29,31,33). The minimum absolute atomic E-state index is 0.0490. The largest absolute Gasteiger partial charge is 0.393 e. The molecule has 0 radical (unpaired) electrons. The molecule has 11 heteroatoms. The number of anilines is 3. The zero-order chi connectivity index (χ0) is 25.1. The number of carbonyl (C=O) groups is 1. The maximum Gasteiger partial charge on any atom is 0.272 e. The SMILES string of the molecule is N#Cc1ccc(N2CCc3c(ncnc3Nc3ccc(C(=O)NC4CCC(O)CC4)nn3)C2)cc1Cl. The Morgan fingerprint density at radius 1 is 1.14 bits per heavy atom. The first-order valence-electron chi connectivity index (χ1n) is 11.9. The number of aliphatic hydroxyl groups excluding tert-OH is 1. The fourth-order valence-corrected chi connectivity index (χ4v) is 4.81. The van der Waals surface area contributed by atoms with Crippen molar-refractivity contribution in [3.8, 4) is 6.07 Å². The summed E-state index contributed by atoms with van der Waals surface area (Å²) >= 11 is 6.22. The van der Waals surface area contributed by atoms with Gasteiger partial charge >= 0.3 is 0 Å². The quantitative estimate of drug-likeness (QED) is 0.478. The van der Waals surface area contributed by atoms with Gasteiger partial charge in [-0.1, -0.05) is 11.6 Å². The molecule has 0 spiro atoms. The maximum atomic E-state index is 12.5. The Morgan fingerprint density at radius 2 is 1.97 bits per heavy atom. The highest BCUT2D eigenvalue weighted by molar-refractivity contribution is 6.32. The summed E-state index contributed by atoms with van der Waals surface area (Å²) in [7, 11) is 0. The number of nitrogens with one attached hydrogen (secondary N) is 2. The van der Waals surface area contributed by atoms with E-state index in [-0.39, 0.29) is 23.7 Å². The molecule has 3 aromatic rings. The molecule has 1 fully saturated rings. The summed E-state index contributed by atoms with van der Waals surface area (Å²) in [6, 6.07) is 10.9. The third kappa shape index (κ3) is 5.22. The van der Waals surface area contributed by atoms with Crippen molar-refractivity contribution in [3.05, 3.63) is 64.2 Å². The third-order valence-electron chi connectivity index (χ3n) is 6.62. The maximum absolute atomic E-state index is 12.5. The van der Waals surface area contributed by atoms with Crippen LogP contribution in [0.3, 0.4) is 0 Å². The van der Waals surface area contributed by atoms with Crippen LogP contribution < -0.4 is 15.5 Å². The number of hydrogen-bond acceptors (Lipinski definition) is 9. The van der Waals surface area contributed by atoms with Crippen molar-refractivity contribution in [2.24, 2.45) is 0 Å². The second-order valence-electron chi connectivity index (χ2n) is 9.00. The predicted octanol–water partition coefficient (Wildman–Crippen LogP) is 3.13. The lowest BCUT2D eigenvalue weighted by Crippen LogP contribution is -2.39. The average Bonchev–Trinajstić information content (AvgIpc) is 2.90. The van der Waals surface area contributed by atoms with Gasteiger partial charge in [0.2, 0.25) is 0 Å². The number of halogens is 1. The van der Waals surface area contributed by atoms with Crippen molar-refractivity contribution < 1.29 is 9.90 Å². The van der Waals surface area contributed by atoms with Crippen molar-refractivity contribution in [2.45, 2.75) is 50.8 Å². The van der Waals surface area contributed by atoms with Crippen molar-refractivity contribution in [1.29, 1.82) is 5.26 Å². The minimum atomic E-state index is -0.270. The summed E-state index contributed by atoms with van der Waals surface area (Å²) in [5, 5.41) is 33.6. The summed E-state index contributed by atoms with van der Waals surface area (Å²) in [6.07, 6.45) is 4.85. The molecular formula is C25H25ClN8O2. The van der Waals surface area contributed by atoms with E-state index >= 15 is 0 Å². The smallest absolute Gasteiger partial charge is 0.272 e. The van der Waals surface area contributed by atoms with Gasteiger partial charge in [-0.3, -0.25) is 4.79 Å². The van der Waals surface area contributed by atoms with E-state index in [1.807, 2.05) is 6.07 Å². The zero-order valence-electron chi connectivity index (χ0n) is 19.5. The average molecular weight is 505 g/mol. The lowest BCUT2D eigenvalue weighted by atomic mass is 9.93. The van der Waals surface area contributed by atoms with Crippen LogP contribution >= 0.6 is 11.6 Å². The minimum Gasteiger partial charge on any atom is -0.393 e. The normalized spacial score (nSPS) is 19.2. The molecule has 1 aliphatic carbocycles. The Balaban J connectivity index is 1.24. The Kier molecular flexibility index (Phi) is 6.93. The van der Waals surface area contributed by atoms with Crippen LogP contribution in [0.15, 0.2) is 36.7 Å². The van der Waals surface area contributed by atoms with Gasteiger partial charge in [-0.2, -0.15) is 5.26 Å². The van der Waals surface area contributed by atoms with Gasteiger partial charge in [-0.05, 0) is 62.4 Å². The van der Waals surface area contributed by atoms with Crippen LogP contribution in [0.4, 0.5) is 17.3 Å². The Labute approximate surface area is 213 Å². The van der Waals surface area contributed by atoms with E-state index in [9.17, 15) is 9.90 Å². The number of nitriles is 1. The monoisotopic (exact) mass is 504 g/mol. The molecule has 1 aliphatic heterocycles. The first-order chi connectivity index (χ1) is 17.5. The van der Waals surface area contributed by atoms with E-state index in [4.69, 9.17) is 16.9 Å². The van der Waals surface area contributed by atoms with Gasteiger partial charge < -0.3 is 20.6 Å². The van der Waals surface area contributed by atoms with Crippen molar-refractivity contribution in [2.75, 3.05) is 16.8 Å². The highest BCUT2D eigenvalue weighted by atomic mass is 35.5. The summed E-state index contributed by atoms with van der Waals surface area (Å²) in [5.74, 6) is 0.872. The van der Waals surface area contributed by atoms with Gasteiger partial charge in [0.25, 0.3) is 5.91 Å². The molecule has 0 bridgehead atoms. The van der Waals surface area contributed by atoms with Crippen molar-refractivity contribution in [3.63, 3.8) is 0 Å². The van der Waals surface area contributed by atoms with Crippen LogP contribution in [-0.4, -0.2) is 49.9 Å². The van der Waals surface area contributed by atoms with Crippen LogP contribution in [0.1, 0.15) is 53.0 Å². The fourth-order valence-electron chi connectivity index (χ4n) is 4.59. The lowest BCUT2D eigenvalue weighted by molar-refractivity contribution is 0.0862. The molecule has 2 aliphatic rings. The van der Waals surface area contributed by atoms with Crippen LogP contribution in [0.2, 0.25) is 5.02 Å². The van der Waals surface area contributed by atoms with Crippen LogP contribution in [-0.2, 0) is 13.0 Å². The molecule has 1 saturated carbocycles. The summed E-state index contributed by atoms with van der Waals surface area (Å²) in [6.45, 7) is 1.32. The summed E-state index contributed by atoms with van der Waals surface area (Å²) in [5.41, 5.74) is 3.51. The first kappa shape index (κ1) is 23.9. The molecule has 2 aromatic heterocycles. The van der Waals surface area contributed by atoms with Gasteiger partial charge in [0.15, 0.2) is 11.5 Å². The number of amides is 1. The Hall–Kier alpha value is -3.81. The number of hydrogen-bond donors (Lipinski definition) is 3. The number of fused-ring (bicyclic) bond motifs is 1. The molecule has 3 N–H and O–H groups in total. The topological polar surface area (TPSA) is 140 Å². The molecule has 1 amide bonds. The highest BCUT2D eigenvalue weighted by Gasteiger charge is 2.23. The number of aliphatic hydroxyl groups is 1. The number of carbonyl (C=O) groups excluding carboxylic acids is 1. The van der Waals surface area contributed by atoms with E-state index in [0.717, 1.165) is 36.3 Å². The zero-order valence-corrected chi connectivity index (χ0v) is 20.2. The Bertz CT molecular complexity index is 1300. The summed E-state index contributed by atoms with van der Waals surface area (Å²) in [4.78, 5) is 23.5. The van der Waals surface area contributed by atoms with Gasteiger partial charge in [0.1, 0.15) is 18.2 Å². The summed E-state index contributed by atoms with van der Waals surface area (Å²) < 4.78 is 0. The molecule has 5 rings (SSSR count). The van der Waals surface area contributed by atoms with Gasteiger partial charge in [0, 0.05) is 23.8 Å². The molecular weight excluding hydrogens is 480 g/mol. The number of rotatable bonds is 5. The number of aromatic nitrogens is 4. The molecule has 0 atom stereocenters. The predicted molar refractivity (Wildman–Crippen MR) is 134 cm³/mol. The van der Waals surface area contributed by atoms with Gasteiger partial charge in [0.05, 0.1) is 28.9 Å². The third-order valence-corrected chi connectivity index (χ3v) is 6.93. The molecule has 184 valence electrons. The van der Waals surface area contributed by atoms with Crippen LogP contribution in [0, 0.1) is 11.3 Å². The van der Waals surface area contributed by atoms with E-state index in [1.54, 1.807) is 24.3 Å².